The molecule has 108 valence electrons. The Labute approximate surface area is 120 Å². The summed E-state index contributed by atoms with van der Waals surface area (Å²) in [6, 6.07) is 10.7. The minimum Gasteiger partial charge on any atom is -0.741 e. The van der Waals surface area contributed by atoms with Crippen LogP contribution in [-0.4, -0.2) is 18.5 Å². The molecule has 0 saturated heterocycles. The molecule has 0 spiro atoms. The summed E-state index contributed by atoms with van der Waals surface area (Å²) in [5.41, 5.74) is -4.21. The number of hydrogen-bond donors (Lipinski definition) is 0. The van der Waals surface area contributed by atoms with Crippen molar-refractivity contribution in [2.24, 2.45) is 0 Å². The molecular formula is C11H12F3IO3S. The molecule has 0 heterocycles. The van der Waals surface area contributed by atoms with Crippen molar-refractivity contribution < 1.29 is 47.3 Å². The van der Waals surface area contributed by atoms with Crippen LogP contribution in [0.15, 0.2) is 40.0 Å². The van der Waals surface area contributed by atoms with Gasteiger partial charge in [0, 0.05) is 0 Å². The Morgan fingerprint density at radius 1 is 1.21 bits per heavy atom. The van der Waals surface area contributed by atoms with Crippen LogP contribution in [0.3, 0.4) is 0 Å². The summed E-state index contributed by atoms with van der Waals surface area (Å²) in [5.74, 6) is 0. The molecular weight excluding hydrogens is 396 g/mol. The number of allylic oxidation sites excluding steroid dienone is 1. The lowest BCUT2D eigenvalue weighted by Crippen LogP contribution is -3.59. The second kappa shape index (κ2) is 7.85. The van der Waals surface area contributed by atoms with Crippen LogP contribution in [0, 0.1) is 3.57 Å². The summed E-state index contributed by atoms with van der Waals surface area (Å²) in [4.78, 5) is 0. The van der Waals surface area contributed by atoms with Gasteiger partial charge in [0.2, 0.25) is 0 Å². The summed E-state index contributed by atoms with van der Waals surface area (Å²) in [6.07, 6.45) is 0. The van der Waals surface area contributed by atoms with E-state index in [2.05, 4.69) is 48.3 Å². The summed E-state index contributed by atoms with van der Waals surface area (Å²) in [7, 11) is -6.09. The smallest absolute Gasteiger partial charge is 0.485 e. The van der Waals surface area contributed by atoms with Crippen LogP contribution >= 0.6 is 0 Å². The predicted octanol–water partition coefficient (Wildman–Crippen LogP) is -0.0797. The fraction of sp³-hybridized carbons (Fsp3) is 0.273. The van der Waals surface area contributed by atoms with Gasteiger partial charge in [-0.25, -0.2) is 8.42 Å². The number of benzene rings is 1. The zero-order valence-corrected chi connectivity index (χ0v) is 13.1. The number of halogens is 4. The standard InChI is InChI=1S/C10H12I.CHF3O3S/c1-9(2)8-11-10-6-4-3-5-7-10;2-1(3,4)8(5,6)7/h3-8H,1-2H3;(H,5,6,7)/q+1;/p-1. The second-order valence-corrected chi connectivity index (χ2v) is 7.35. The Kier molecular flexibility index (Phi) is 7.60. The highest BCUT2D eigenvalue weighted by Crippen LogP contribution is 2.20. The fourth-order valence-electron chi connectivity index (χ4n) is 0.660. The molecule has 19 heavy (non-hydrogen) atoms. The van der Waals surface area contributed by atoms with E-state index in [-0.39, 0.29) is 21.2 Å². The van der Waals surface area contributed by atoms with E-state index in [9.17, 15) is 13.2 Å². The van der Waals surface area contributed by atoms with Gasteiger partial charge < -0.3 is 4.55 Å². The van der Waals surface area contributed by atoms with Crippen molar-refractivity contribution in [2.75, 3.05) is 0 Å². The highest BCUT2D eigenvalue weighted by molar-refractivity contribution is 7.86. The molecule has 0 aromatic heterocycles. The lowest BCUT2D eigenvalue weighted by atomic mass is 10.4. The molecule has 3 nitrogen and oxygen atoms in total. The van der Waals surface area contributed by atoms with E-state index in [1.54, 1.807) is 0 Å². The van der Waals surface area contributed by atoms with Gasteiger partial charge in [0.15, 0.2) is 17.8 Å². The first kappa shape index (κ1) is 18.4. The van der Waals surface area contributed by atoms with Crippen LogP contribution in [0.4, 0.5) is 13.2 Å². The Balaban J connectivity index is 0.000000362. The maximum absolute atomic E-state index is 10.7. The van der Waals surface area contributed by atoms with Crippen molar-refractivity contribution >= 4 is 10.1 Å². The first-order chi connectivity index (χ1) is 8.54. The van der Waals surface area contributed by atoms with E-state index in [4.69, 9.17) is 13.0 Å². The third-order valence-electron chi connectivity index (χ3n) is 1.42. The van der Waals surface area contributed by atoms with Gasteiger partial charge in [-0.2, -0.15) is 13.2 Å². The van der Waals surface area contributed by atoms with Crippen molar-refractivity contribution in [1.29, 1.82) is 0 Å². The van der Waals surface area contributed by atoms with Crippen molar-refractivity contribution in [3.63, 3.8) is 0 Å². The monoisotopic (exact) mass is 408 g/mol. The molecule has 0 atom stereocenters. The predicted molar refractivity (Wildman–Crippen MR) is 60.3 cm³/mol. The molecule has 0 unspecified atom stereocenters. The number of alkyl halides is 3. The summed E-state index contributed by atoms with van der Waals surface area (Å²) < 4.78 is 62.8. The maximum Gasteiger partial charge on any atom is 0.485 e. The zero-order valence-electron chi connectivity index (χ0n) is 10.1. The first-order valence-corrected chi connectivity index (χ1v) is 8.61. The molecule has 1 aromatic rings. The van der Waals surface area contributed by atoms with Gasteiger partial charge in [0.1, 0.15) is 0 Å². The molecule has 0 amide bonds. The van der Waals surface area contributed by atoms with E-state index in [0.717, 1.165) is 0 Å². The topological polar surface area (TPSA) is 57.2 Å². The first-order valence-electron chi connectivity index (χ1n) is 4.88. The molecule has 0 aliphatic rings. The summed E-state index contributed by atoms with van der Waals surface area (Å²) >= 11 is 0.124. The van der Waals surface area contributed by atoms with Gasteiger partial charge in [-0.15, -0.1) is 0 Å². The van der Waals surface area contributed by atoms with Crippen LogP contribution < -0.4 is 21.2 Å². The minimum atomic E-state index is -6.09. The van der Waals surface area contributed by atoms with E-state index >= 15 is 0 Å². The third kappa shape index (κ3) is 9.00. The van der Waals surface area contributed by atoms with Crippen LogP contribution in [-0.2, 0) is 10.1 Å². The lowest BCUT2D eigenvalue weighted by Gasteiger charge is -2.08. The highest BCUT2D eigenvalue weighted by Gasteiger charge is 2.36. The molecule has 8 heteroatoms. The molecule has 0 aliphatic carbocycles. The molecule has 0 fully saturated rings. The van der Waals surface area contributed by atoms with E-state index in [1.807, 2.05) is 0 Å². The highest BCUT2D eigenvalue weighted by atomic mass is 127. The van der Waals surface area contributed by atoms with Crippen LogP contribution in [0.5, 0.6) is 0 Å². The number of hydrogen-bond acceptors (Lipinski definition) is 3. The molecule has 0 bridgehead atoms. The number of rotatable bonds is 2. The van der Waals surface area contributed by atoms with Crippen LogP contribution in [0.2, 0.25) is 0 Å². The van der Waals surface area contributed by atoms with Crippen molar-refractivity contribution in [1.82, 2.24) is 0 Å². The molecule has 0 N–H and O–H groups in total. The average molecular weight is 408 g/mol. The van der Waals surface area contributed by atoms with Gasteiger partial charge in [0.25, 0.3) is 0 Å². The fourth-order valence-corrected chi connectivity index (χ4v) is 2.47. The quantitative estimate of drug-likeness (QED) is 0.391. The average Bonchev–Trinajstić information content (AvgIpc) is 2.26. The van der Waals surface area contributed by atoms with Gasteiger partial charge in [-0.05, 0) is 31.6 Å². The maximum atomic E-state index is 10.7. The second-order valence-electron chi connectivity index (χ2n) is 3.49. The minimum absolute atomic E-state index is 0.124. The Bertz CT molecular complexity index is 506. The van der Waals surface area contributed by atoms with Gasteiger partial charge >= 0.3 is 26.7 Å². The van der Waals surface area contributed by atoms with Gasteiger partial charge in [-0.3, -0.25) is 0 Å². The molecule has 0 aliphatic heterocycles. The van der Waals surface area contributed by atoms with Crippen molar-refractivity contribution in [2.45, 2.75) is 19.4 Å². The summed E-state index contributed by atoms with van der Waals surface area (Å²) in [6.45, 7) is 4.31. The van der Waals surface area contributed by atoms with Gasteiger partial charge in [0.05, 0.1) is 0 Å². The van der Waals surface area contributed by atoms with Crippen molar-refractivity contribution in [3.05, 3.63) is 43.6 Å². The van der Waals surface area contributed by atoms with E-state index < -0.39 is 15.6 Å². The van der Waals surface area contributed by atoms with E-state index in [1.165, 1.54) is 9.14 Å². The Hall–Kier alpha value is -0.610. The SMILES string of the molecule is CC(C)=C[I+]c1ccccc1.O=S(=O)([O-])C(F)(F)F. The largest absolute Gasteiger partial charge is 0.741 e. The van der Waals surface area contributed by atoms with Crippen LogP contribution in [0.1, 0.15) is 13.8 Å². The Morgan fingerprint density at radius 2 is 1.63 bits per heavy atom. The third-order valence-corrected chi connectivity index (χ3v) is 4.98. The molecule has 1 aromatic carbocycles. The van der Waals surface area contributed by atoms with Crippen molar-refractivity contribution in [3.8, 4) is 0 Å². The van der Waals surface area contributed by atoms with E-state index in [0.29, 0.717) is 0 Å². The molecule has 1 rings (SSSR count). The molecule has 0 saturated carbocycles. The molecule has 0 radical (unpaired) electrons. The zero-order chi connectivity index (χ0) is 15.1. The van der Waals surface area contributed by atoms with Gasteiger partial charge in [-0.1, -0.05) is 18.2 Å². The normalized spacial score (nSPS) is 11.3. The Morgan fingerprint density at radius 3 is 1.95 bits per heavy atom. The van der Waals surface area contributed by atoms with Crippen LogP contribution in [0.25, 0.3) is 0 Å². The summed E-state index contributed by atoms with van der Waals surface area (Å²) in [5, 5.41) is 0. The lowest BCUT2D eigenvalue weighted by molar-refractivity contribution is -0.557.